The second kappa shape index (κ2) is 12.2. The van der Waals surface area contributed by atoms with E-state index in [0.717, 1.165) is 25.9 Å². The van der Waals surface area contributed by atoms with Crippen LogP contribution in [0.3, 0.4) is 0 Å². The molecular weight excluding hydrogens is 406 g/mol. The van der Waals surface area contributed by atoms with Crippen molar-refractivity contribution in [2.24, 2.45) is 0 Å². The van der Waals surface area contributed by atoms with Gasteiger partial charge in [-0.25, -0.2) is 9.59 Å². The molecule has 6 heteroatoms. The topological polar surface area (TPSA) is 95.9 Å². The second-order valence-corrected chi connectivity index (χ2v) is 8.76. The first kappa shape index (κ1) is 25.3. The molecule has 0 amide bonds. The van der Waals surface area contributed by atoms with Crippen molar-refractivity contribution in [2.75, 3.05) is 13.1 Å². The van der Waals surface area contributed by atoms with Crippen LogP contribution < -0.4 is 5.32 Å². The SMILES string of the molecule is CC(C)(C)c1ccc(C(OC2CCNCC2)c2ccccc2)cc1.O=C(O)/C=C/C(=O)O. The Morgan fingerprint density at radius 2 is 1.41 bits per heavy atom. The van der Waals surface area contributed by atoms with Gasteiger partial charge in [-0.3, -0.25) is 0 Å². The van der Waals surface area contributed by atoms with E-state index in [0.29, 0.717) is 18.3 Å². The molecule has 1 aliphatic rings. The van der Waals surface area contributed by atoms with E-state index in [1.165, 1.54) is 16.7 Å². The van der Waals surface area contributed by atoms with Gasteiger partial charge in [0.25, 0.3) is 0 Å². The summed E-state index contributed by atoms with van der Waals surface area (Å²) in [5.41, 5.74) is 4.02. The lowest BCUT2D eigenvalue weighted by molar-refractivity contribution is -0.134. The van der Waals surface area contributed by atoms with E-state index in [-0.39, 0.29) is 11.5 Å². The lowest BCUT2D eigenvalue weighted by Crippen LogP contribution is -2.33. The van der Waals surface area contributed by atoms with Crippen LogP contribution in [0.2, 0.25) is 0 Å². The average molecular weight is 440 g/mol. The molecule has 0 radical (unpaired) electrons. The molecule has 32 heavy (non-hydrogen) atoms. The van der Waals surface area contributed by atoms with Gasteiger partial charge in [0.05, 0.1) is 6.10 Å². The molecule has 1 saturated heterocycles. The number of piperidine rings is 1. The van der Waals surface area contributed by atoms with Crippen LogP contribution in [-0.4, -0.2) is 41.3 Å². The summed E-state index contributed by atoms with van der Waals surface area (Å²) in [5, 5.41) is 19.0. The standard InChI is InChI=1S/C22H29NO.C4H4O4/c1-22(2,3)19-11-9-18(10-12-19)21(17-7-5-4-6-8-17)24-20-13-15-23-16-14-20;5-3(6)1-2-4(7)8/h4-12,20-21,23H,13-16H2,1-3H3;1-2H,(H,5,6)(H,7,8)/b;2-1+. The first-order chi connectivity index (χ1) is 15.2. The Balaban J connectivity index is 0.000000390. The molecule has 2 aromatic carbocycles. The van der Waals surface area contributed by atoms with E-state index in [4.69, 9.17) is 14.9 Å². The molecule has 3 rings (SSSR count). The van der Waals surface area contributed by atoms with Gasteiger partial charge in [-0.2, -0.15) is 0 Å². The summed E-state index contributed by atoms with van der Waals surface area (Å²) in [7, 11) is 0. The molecule has 172 valence electrons. The highest BCUT2D eigenvalue weighted by molar-refractivity contribution is 5.89. The average Bonchev–Trinajstić information content (AvgIpc) is 2.77. The summed E-state index contributed by atoms with van der Waals surface area (Å²) in [6.45, 7) is 8.86. The maximum absolute atomic E-state index is 9.55. The third-order valence-electron chi connectivity index (χ3n) is 5.16. The Labute approximate surface area is 189 Å². The van der Waals surface area contributed by atoms with Crippen LogP contribution in [0.25, 0.3) is 0 Å². The van der Waals surface area contributed by atoms with Crippen LogP contribution in [0, 0.1) is 0 Å². The number of ether oxygens (including phenoxy) is 1. The van der Waals surface area contributed by atoms with E-state index >= 15 is 0 Å². The Kier molecular flexibility index (Phi) is 9.62. The number of rotatable bonds is 6. The first-order valence-corrected chi connectivity index (χ1v) is 10.8. The fourth-order valence-electron chi connectivity index (χ4n) is 3.40. The number of hydrogen-bond acceptors (Lipinski definition) is 4. The highest BCUT2D eigenvalue weighted by Gasteiger charge is 2.22. The normalized spacial score (nSPS) is 15.6. The van der Waals surface area contributed by atoms with Crippen molar-refractivity contribution in [1.29, 1.82) is 0 Å². The van der Waals surface area contributed by atoms with Crippen molar-refractivity contribution in [2.45, 2.75) is 51.2 Å². The molecule has 0 saturated carbocycles. The number of hydrogen-bond donors (Lipinski definition) is 3. The van der Waals surface area contributed by atoms with Crippen LogP contribution >= 0.6 is 0 Å². The van der Waals surface area contributed by atoms with Crippen LogP contribution in [0.4, 0.5) is 0 Å². The lowest BCUT2D eigenvalue weighted by Gasteiger charge is -2.29. The zero-order chi connectivity index (χ0) is 23.6. The molecule has 0 bridgehead atoms. The number of carboxylic acid groups (broad SMARTS) is 2. The third-order valence-corrected chi connectivity index (χ3v) is 5.16. The largest absolute Gasteiger partial charge is 0.478 e. The molecular formula is C26H33NO5. The van der Waals surface area contributed by atoms with Gasteiger partial charge in [-0.15, -0.1) is 0 Å². The molecule has 0 spiro atoms. The van der Waals surface area contributed by atoms with Crippen molar-refractivity contribution >= 4 is 11.9 Å². The summed E-state index contributed by atoms with van der Waals surface area (Å²) < 4.78 is 6.55. The zero-order valence-electron chi connectivity index (χ0n) is 19.0. The Morgan fingerprint density at radius 1 is 0.906 bits per heavy atom. The number of carbonyl (C=O) groups is 2. The van der Waals surface area contributed by atoms with Crippen LogP contribution in [0.15, 0.2) is 66.7 Å². The Morgan fingerprint density at radius 3 is 1.88 bits per heavy atom. The molecule has 6 nitrogen and oxygen atoms in total. The minimum atomic E-state index is -1.26. The van der Waals surface area contributed by atoms with Crippen molar-refractivity contribution in [3.05, 3.63) is 83.4 Å². The number of carboxylic acids is 2. The highest BCUT2D eigenvalue weighted by Crippen LogP contribution is 2.31. The van der Waals surface area contributed by atoms with Gasteiger partial charge in [0.1, 0.15) is 6.10 Å². The van der Waals surface area contributed by atoms with E-state index in [9.17, 15) is 9.59 Å². The molecule has 1 aliphatic heterocycles. The van der Waals surface area contributed by atoms with Crippen molar-refractivity contribution in [3.63, 3.8) is 0 Å². The van der Waals surface area contributed by atoms with Gasteiger partial charge in [0.15, 0.2) is 0 Å². The van der Waals surface area contributed by atoms with Gasteiger partial charge in [0.2, 0.25) is 0 Å². The summed E-state index contributed by atoms with van der Waals surface area (Å²) in [6.07, 6.45) is 3.64. The summed E-state index contributed by atoms with van der Waals surface area (Å²) in [4.78, 5) is 19.1. The predicted molar refractivity (Wildman–Crippen MR) is 125 cm³/mol. The van der Waals surface area contributed by atoms with E-state index in [1.807, 2.05) is 0 Å². The Bertz CT molecular complexity index is 863. The number of benzene rings is 2. The highest BCUT2D eigenvalue weighted by atomic mass is 16.5. The fraction of sp³-hybridized carbons (Fsp3) is 0.385. The molecule has 0 aliphatic carbocycles. The number of nitrogens with one attached hydrogen (secondary N) is 1. The molecule has 0 aromatic heterocycles. The summed E-state index contributed by atoms with van der Waals surface area (Å²) >= 11 is 0. The van der Waals surface area contributed by atoms with Crippen molar-refractivity contribution in [3.8, 4) is 0 Å². The minimum absolute atomic E-state index is 0.0170. The third kappa shape index (κ3) is 8.65. The van der Waals surface area contributed by atoms with Crippen LogP contribution in [-0.2, 0) is 19.7 Å². The van der Waals surface area contributed by atoms with Crippen LogP contribution in [0.1, 0.15) is 56.4 Å². The summed E-state index contributed by atoms with van der Waals surface area (Å²) in [5.74, 6) is -2.51. The quantitative estimate of drug-likeness (QED) is 0.572. The molecule has 1 heterocycles. The second-order valence-electron chi connectivity index (χ2n) is 8.76. The van der Waals surface area contributed by atoms with E-state index in [2.05, 4.69) is 80.7 Å². The van der Waals surface area contributed by atoms with Gasteiger partial charge in [-0.05, 0) is 48.0 Å². The Hall–Kier alpha value is -2.96. The molecule has 1 atom stereocenters. The predicted octanol–water partition coefficient (Wildman–Crippen LogP) is 4.55. The summed E-state index contributed by atoms with van der Waals surface area (Å²) in [6, 6.07) is 19.6. The van der Waals surface area contributed by atoms with E-state index in [1.54, 1.807) is 0 Å². The molecule has 2 aromatic rings. The van der Waals surface area contributed by atoms with Crippen molar-refractivity contribution < 1.29 is 24.5 Å². The van der Waals surface area contributed by atoms with E-state index < -0.39 is 11.9 Å². The van der Waals surface area contributed by atoms with Gasteiger partial charge < -0.3 is 20.3 Å². The van der Waals surface area contributed by atoms with Crippen molar-refractivity contribution in [1.82, 2.24) is 5.32 Å². The van der Waals surface area contributed by atoms with Gasteiger partial charge in [-0.1, -0.05) is 75.4 Å². The fourth-order valence-corrected chi connectivity index (χ4v) is 3.40. The lowest BCUT2D eigenvalue weighted by atomic mass is 9.86. The van der Waals surface area contributed by atoms with Gasteiger partial charge >= 0.3 is 11.9 Å². The maximum atomic E-state index is 9.55. The minimum Gasteiger partial charge on any atom is -0.478 e. The van der Waals surface area contributed by atoms with Crippen LogP contribution in [0.5, 0.6) is 0 Å². The molecule has 3 N–H and O–H groups in total. The first-order valence-electron chi connectivity index (χ1n) is 10.8. The zero-order valence-corrected chi connectivity index (χ0v) is 19.0. The maximum Gasteiger partial charge on any atom is 0.328 e. The number of aliphatic carboxylic acids is 2. The molecule has 1 fully saturated rings. The van der Waals surface area contributed by atoms with Gasteiger partial charge in [0, 0.05) is 12.2 Å². The molecule has 1 unspecified atom stereocenters. The smallest absolute Gasteiger partial charge is 0.328 e. The monoisotopic (exact) mass is 439 g/mol.